The Kier molecular flexibility index (Phi) is 6.86. The number of carbonyl (C=O) groups is 1. The van der Waals surface area contributed by atoms with Gasteiger partial charge >= 0.3 is 6.09 Å². The number of rotatable bonds is 8. The Labute approximate surface area is 202 Å². The van der Waals surface area contributed by atoms with Crippen LogP contribution >= 0.6 is 22.7 Å². The third kappa shape index (κ3) is 5.21. The zero-order valence-corrected chi connectivity index (χ0v) is 20.2. The first-order valence-electron chi connectivity index (χ1n) is 10.3. The van der Waals surface area contributed by atoms with Crippen LogP contribution in [0.15, 0.2) is 35.8 Å². The van der Waals surface area contributed by atoms with Gasteiger partial charge in [0.25, 0.3) is 0 Å². The van der Waals surface area contributed by atoms with Gasteiger partial charge in [0, 0.05) is 28.9 Å². The van der Waals surface area contributed by atoms with E-state index in [1.54, 1.807) is 42.9 Å². The van der Waals surface area contributed by atoms with E-state index < -0.39 is 17.5 Å². The Bertz CT molecular complexity index is 1300. The lowest BCUT2D eigenvalue weighted by molar-refractivity contribution is 0.101. The third-order valence-corrected chi connectivity index (χ3v) is 6.90. The van der Waals surface area contributed by atoms with Crippen LogP contribution in [0.5, 0.6) is 0 Å². The van der Waals surface area contributed by atoms with Crippen molar-refractivity contribution in [2.45, 2.75) is 32.9 Å². The van der Waals surface area contributed by atoms with Crippen LogP contribution in [0.2, 0.25) is 0 Å². The molecule has 1 atom stereocenters. The van der Waals surface area contributed by atoms with Gasteiger partial charge in [-0.1, -0.05) is 23.5 Å². The Morgan fingerprint density at radius 1 is 1.29 bits per heavy atom. The van der Waals surface area contributed by atoms with Gasteiger partial charge in [-0.15, -0.1) is 21.5 Å². The van der Waals surface area contributed by atoms with Gasteiger partial charge in [-0.2, -0.15) is 5.10 Å². The van der Waals surface area contributed by atoms with E-state index >= 15 is 0 Å². The molecule has 3 aromatic heterocycles. The molecule has 1 aromatic carbocycles. The first-order valence-corrected chi connectivity index (χ1v) is 12.0. The molecule has 0 saturated carbocycles. The van der Waals surface area contributed by atoms with Gasteiger partial charge in [0.15, 0.2) is 22.2 Å². The highest BCUT2D eigenvalue weighted by Crippen LogP contribution is 2.35. The SMILES string of the molecule is CCOC(=O)Nc1cccc(Cn2ccc(Nc3nnc(C(C)(O)c4nc(C)cs4)s3)n2)c1F. The van der Waals surface area contributed by atoms with Gasteiger partial charge in [-0.25, -0.2) is 14.2 Å². The zero-order valence-electron chi connectivity index (χ0n) is 18.6. The number of anilines is 3. The van der Waals surface area contributed by atoms with Crippen molar-refractivity contribution >= 4 is 45.4 Å². The standard InChI is InChI=1S/C21H22FN7O3S2/c1-4-32-20(30)24-14-7-5-6-13(16(14)22)10-29-9-8-15(28-29)25-19-27-26-18(34-19)21(3,31)17-23-12(2)11-33-17/h5-9,11,31H,4,10H2,1-3H3,(H,24,30)(H,25,27,28). The molecule has 1 unspecified atom stereocenters. The maximum absolute atomic E-state index is 14.8. The van der Waals surface area contributed by atoms with Crippen LogP contribution in [0.1, 0.15) is 35.1 Å². The quantitative estimate of drug-likeness (QED) is 0.326. The molecule has 3 N–H and O–H groups in total. The van der Waals surface area contributed by atoms with Gasteiger partial charge in [0.05, 0.1) is 18.8 Å². The predicted octanol–water partition coefficient (Wildman–Crippen LogP) is 4.25. The monoisotopic (exact) mass is 503 g/mol. The van der Waals surface area contributed by atoms with Crippen molar-refractivity contribution in [3.63, 3.8) is 0 Å². The van der Waals surface area contributed by atoms with E-state index in [2.05, 4.69) is 30.9 Å². The van der Waals surface area contributed by atoms with Gasteiger partial charge < -0.3 is 15.2 Å². The van der Waals surface area contributed by atoms with E-state index in [-0.39, 0.29) is 18.8 Å². The van der Waals surface area contributed by atoms with Gasteiger partial charge in [-0.05, 0) is 26.8 Å². The Morgan fingerprint density at radius 2 is 2.12 bits per heavy atom. The summed E-state index contributed by atoms with van der Waals surface area (Å²) in [5.74, 6) is -0.0809. The number of benzene rings is 1. The highest BCUT2D eigenvalue weighted by Gasteiger charge is 2.33. The largest absolute Gasteiger partial charge is 0.450 e. The molecule has 0 aliphatic rings. The maximum atomic E-state index is 14.8. The number of aliphatic hydroxyl groups is 1. The summed E-state index contributed by atoms with van der Waals surface area (Å²) in [4.78, 5) is 15.9. The highest BCUT2D eigenvalue weighted by molar-refractivity contribution is 7.15. The topological polar surface area (TPSA) is 127 Å². The molecule has 0 fully saturated rings. The molecule has 0 aliphatic heterocycles. The summed E-state index contributed by atoms with van der Waals surface area (Å²) in [7, 11) is 0. The van der Waals surface area contributed by atoms with Crippen molar-refractivity contribution in [2.24, 2.45) is 0 Å². The van der Waals surface area contributed by atoms with Crippen LogP contribution < -0.4 is 10.6 Å². The Hall–Kier alpha value is -3.42. The molecule has 3 heterocycles. The fourth-order valence-corrected chi connectivity index (χ4v) is 4.74. The Morgan fingerprint density at radius 3 is 2.85 bits per heavy atom. The summed E-state index contributed by atoms with van der Waals surface area (Å²) in [5.41, 5.74) is -0.148. The second kappa shape index (κ2) is 9.83. The van der Waals surface area contributed by atoms with Gasteiger partial charge in [-0.3, -0.25) is 10.00 Å². The maximum Gasteiger partial charge on any atom is 0.411 e. The van der Waals surface area contributed by atoms with Crippen molar-refractivity contribution < 1.29 is 19.0 Å². The summed E-state index contributed by atoms with van der Waals surface area (Å²) in [6.07, 6.45) is 0.966. The summed E-state index contributed by atoms with van der Waals surface area (Å²) in [6.45, 7) is 5.49. The van der Waals surface area contributed by atoms with E-state index in [9.17, 15) is 14.3 Å². The van der Waals surface area contributed by atoms with E-state index in [1.165, 1.54) is 28.7 Å². The van der Waals surface area contributed by atoms with Crippen LogP contribution in [-0.4, -0.2) is 42.8 Å². The van der Waals surface area contributed by atoms with Crippen molar-refractivity contribution in [1.82, 2.24) is 25.0 Å². The summed E-state index contributed by atoms with van der Waals surface area (Å²) < 4.78 is 21.1. The first-order chi connectivity index (χ1) is 16.3. The minimum absolute atomic E-state index is 0.0327. The van der Waals surface area contributed by atoms with Crippen molar-refractivity contribution in [3.8, 4) is 0 Å². The van der Waals surface area contributed by atoms with Crippen LogP contribution in [0.25, 0.3) is 0 Å². The van der Waals surface area contributed by atoms with Crippen LogP contribution in [0, 0.1) is 12.7 Å². The molecule has 4 aromatic rings. The molecule has 0 radical (unpaired) electrons. The minimum Gasteiger partial charge on any atom is -0.450 e. The smallest absolute Gasteiger partial charge is 0.411 e. The average molecular weight is 504 g/mol. The highest BCUT2D eigenvalue weighted by atomic mass is 32.1. The van der Waals surface area contributed by atoms with Crippen molar-refractivity contribution in [1.29, 1.82) is 0 Å². The van der Waals surface area contributed by atoms with E-state index in [0.717, 1.165) is 5.69 Å². The number of halogens is 1. The molecule has 10 nitrogen and oxygen atoms in total. The van der Waals surface area contributed by atoms with Crippen molar-refractivity contribution in [2.75, 3.05) is 17.2 Å². The third-order valence-electron chi connectivity index (χ3n) is 4.68. The number of amides is 1. The molecule has 4 rings (SSSR count). The normalized spacial score (nSPS) is 12.9. The fraction of sp³-hybridized carbons (Fsp3) is 0.286. The molecule has 0 bridgehead atoms. The van der Waals surface area contributed by atoms with E-state index in [4.69, 9.17) is 4.74 Å². The number of nitrogens with zero attached hydrogens (tertiary/aromatic N) is 5. The van der Waals surface area contributed by atoms with Crippen LogP contribution in [0.3, 0.4) is 0 Å². The number of nitrogens with one attached hydrogen (secondary N) is 2. The molecule has 34 heavy (non-hydrogen) atoms. The number of hydrogen-bond acceptors (Lipinski definition) is 10. The number of hydrogen-bond donors (Lipinski definition) is 3. The van der Waals surface area contributed by atoms with Crippen LogP contribution in [-0.2, 0) is 16.9 Å². The number of aromatic nitrogens is 5. The number of ether oxygens (including phenoxy) is 1. The number of aryl methyl sites for hydroxylation is 1. The molecular formula is C21H22FN7O3S2. The molecule has 0 aliphatic carbocycles. The van der Waals surface area contributed by atoms with Gasteiger partial charge in [0.2, 0.25) is 5.13 Å². The molecular weight excluding hydrogens is 481 g/mol. The molecule has 0 saturated heterocycles. The number of thiazole rings is 1. The first kappa shape index (κ1) is 23.7. The van der Waals surface area contributed by atoms with Gasteiger partial charge in [0.1, 0.15) is 5.01 Å². The second-order valence-corrected chi connectivity index (χ2v) is 9.26. The lowest BCUT2D eigenvalue weighted by Gasteiger charge is -2.16. The number of carbonyl (C=O) groups excluding carboxylic acids is 1. The molecule has 178 valence electrons. The zero-order chi connectivity index (χ0) is 24.3. The molecule has 1 amide bonds. The second-order valence-electron chi connectivity index (χ2n) is 7.43. The lowest BCUT2D eigenvalue weighted by Crippen LogP contribution is -2.22. The van der Waals surface area contributed by atoms with Crippen LogP contribution in [0.4, 0.5) is 25.8 Å². The summed E-state index contributed by atoms with van der Waals surface area (Å²) >= 11 is 2.55. The minimum atomic E-state index is -1.35. The van der Waals surface area contributed by atoms with E-state index in [1.807, 2.05) is 12.3 Å². The summed E-state index contributed by atoms with van der Waals surface area (Å²) in [5, 5.41) is 32.1. The molecule has 13 heteroatoms. The molecule has 0 spiro atoms. The summed E-state index contributed by atoms with van der Waals surface area (Å²) in [6, 6.07) is 6.42. The fourth-order valence-electron chi connectivity index (χ4n) is 3.02. The predicted molar refractivity (Wildman–Crippen MR) is 127 cm³/mol. The Balaban J connectivity index is 1.44. The van der Waals surface area contributed by atoms with Crippen molar-refractivity contribution in [3.05, 3.63) is 62.9 Å². The van der Waals surface area contributed by atoms with E-state index in [0.29, 0.717) is 26.5 Å². The average Bonchev–Trinajstić information content (AvgIpc) is 3.53. The lowest BCUT2D eigenvalue weighted by atomic mass is 10.1.